The van der Waals surface area contributed by atoms with E-state index in [1.165, 1.54) is 19.3 Å². The molecule has 90 valence electrons. The number of aromatic nitrogens is 2. The lowest BCUT2D eigenvalue weighted by molar-refractivity contribution is 0.110. The lowest BCUT2D eigenvalue weighted by atomic mass is 10.1. The summed E-state index contributed by atoms with van der Waals surface area (Å²) in [6, 6.07) is 0.245. The number of hydrogen-bond donors (Lipinski definition) is 1. The van der Waals surface area contributed by atoms with Crippen LogP contribution in [0.2, 0.25) is 0 Å². The molecule has 0 amide bonds. The molecule has 0 radical (unpaired) electrons. The van der Waals surface area contributed by atoms with Crippen molar-refractivity contribution in [2.24, 2.45) is 0 Å². The maximum atomic E-state index is 9.36. The van der Waals surface area contributed by atoms with Crippen molar-refractivity contribution in [1.29, 1.82) is 0 Å². The minimum atomic E-state index is 0.215. The average molecular weight is 225 g/mol. The highest BCUT2D eigenvalue weighted by Gasteiger charge is 2.21. The zero-order valence-corrected chi connectivity index (χ0v) is 9.72. The second kappa shape index (κ2) is 5.41. The van der Waals surface area contributed by atoms with Gasteiger partial charge in [-0.3, -0.25) is 4.90 Å². The maximum absolute atomic E-state index is 9.36. The van der Waals surface area contributed by atoms with Crippen LogP contribution in [0.5, 0.6) is 0 Å². The molecule has 1 unspecified atom stereocenters. The molecule has 1 N–H and O–H groups in total. The van der Waals surface area contributed by atoms with E-state index in [9.17, 15) is 5.11 Å². The summed E-state index contributed by atoms with van der Waals surface area (Å²) < 4.78 is 5.37. The van der Waals surface area contributed by atoms with Crippen LogP contribution in [0.3, 0.4) is 0 Å². The Kier molecular flexibility index (Phi) is 3.90. The molecule has 2 heterocycles. The first-order valence-electron chi connectivity index (χ1n) is 5.93. The summed E-state index contributed by atoms with van der Waals surface area (Å²) in [7, 11) is 0. The van der Waals surface area contributed by atoms with Crippen molar-refractivity contribution >= 4 is 0 Å². The van der Waals surface area contributed by atoms with E-state index in [2.05, 4.69) is 15.1 Å². The number of aliphatic hydroxyl groups excluding tert-OH is 1. The molecule has 1 aliphatic heterocycles. The molecular weight excluding hydrogens is 206 g/mol. The van der Waals surface area contributed by atoms with Gasteiger partial charge in [0.25, 0.3) is 0 Å². The van der Waals surface area contributed by atoms with Gasteiger partial charge in [-0.05, 0) is 19.4 Å². The Labute approximate surface area is 95.5 Å². The molecule has 1 aromatic rings. The molecule has 1 atom stereocenters. The standard InChI is InChI=1S/C11H19N3O2/c1-9-12-13-11(16-9)7-14-6-4-2-3-5-10(14)8-15/h10,15H,2-8H2,1H3. The molecule has 0 aliphatic carbocycles. The SMILES string of the molecule is Cc1nnc(CN2CCCCCC2CO)o1. The fourth-order valence-electron chi connectivity index (χ4n) is 2.23. The number of likely N-dealkylation sites (tertiary alicyclic amines) is 1. The number of aryl methyl sites for hydroxylation is 1. The quantitative estimate of drug-likeness (QED) is 0.835. The Morgan fingerprint density at radius 1 is 1.38 bits per heavy atom. The molecule has 5 heteroatoms. The van der Waals surface area contributed by atoms with Gasteiger partial charge in [0.15, 0.2) is 0 Å². The highest BCUT2D eigenvalue weighted by atomic mass is 16.4. The van der Waals surface area contributed by atoms with E-state index in [1.54, 1.807) is 6.92 Å². The third-order valence-electron chi connectivity index (χ3n) is 3.12. The second-order valence-electron chi connectivity index (χ2n) is 4.37. The van der Waals surface area contributed by atoms with E-state index in [-0.39, 0.29) is 12.6 Å². The second-order valence-corrected chi connectivity index (χ2v) is 4.37. The average Bonchev–Trinajstić information content (AvgIpc) is 2.56. The fraction of sp³-hybridized carbons (Fsp3) is 0.818. The summed E-state index contributed by atoms with van der Waals surface area (Å²) in [6.45, 7) is 3.67. The third kappa shape index (κ3) is 2.80. The Balaban J connectivity index is 1.99. The number of hydrogen-bond acceptors (Lipinski definition) is 5. The van der Waals surface area contributed by atoms with Gasteiger partial charge in [-0.25, -0.2) is 0 Å². The van der Waals surface area contributed by atoms with Gasteiger partial charge in [-0.1, -0.05) is 12.8 Å². The molecule has 0 spiro atoms. The summed E-state index contributed by atoms with van der Waals surface area (Å²) in [5.74, 6) is 1.25. The molecule has 1 fully saturated rings. The molecular formula is C11H19N3O2. The Bertz CT molecular complexity index is 327. The molecule has 1 aromatic heterocycles. The normalized spacial score (nSPS) is 23.2. The van der Waals surface area contributed by atoms with Crippen LogP contribution >= 0.6 is 0 Å². The van der Waals surface area contributed by atoms with Crippen molar-refractivity contribution in [2.75, 3.05) is 13.2 Å². The minimum absolute atomic E-state index is 0.215. The van der Waals surface area contributed by atoms with Gasteiger partial charge >= 0.3 is 0 Å². The molecule has 16 heavy (non-hydrogen) atoms. The van der Waals surface area contributed by atoms with Crippen LogP contribution in [0.15, 0.2) is 4.42 Å². The molecule has 0 saturated carbocycles. The van der Waals surface area contributed by atoms with E-state index in [1.807, 2.05) is 0 Å². The first-order chi connectivity index (χ1) is 7.79. The zero-order valence-electron chi connectivity index (χ0n) is 9.72. The van der Waals surface area contributed by atoms with Crippen molar-refractivity contribution in [3.8, 4) is 0 Å². The lowest BCUT2D eigenvalue weighted by Gasteiger charge is -2.26. The number of rotatable bonds is 3. The molecule has 2 rings (SSSR count). The summed E-state index contributed by atoms with van der Waals surface area (Å²) >= 11 is 0. The van der Waals surface area contributed by atoms with E-state index >= 15 is 0 Å². The topological polar surface area (TPSA) is 62.4 Å². The predicted molar refractivity (Wildman–Crippen MR) is 58.8 cm³/mol. The zero-order chi connectivity index (χ0) is 11.4. The Morgan fingerprint density at radius 2 is 2.25 bits per heavy atom. The molecule has 5 nitrogen and oxygen atoms in total. The van der Waals surface area contributed by atoms with Crippen LogP contribution in [0.25, 0.3) is 0 Å². The van der Waals surface area contributed by atoms with Crippen molar-refractivity contribution in [3.63, 3.8) is 0 Å². The summed E-state index contributed by atoms with van der Waals surface area (Å²) in [5.41, 5.74) is 0. The molecule has 0 aromatic carbocycles. The van der Waals surface area contributed by atoms with Crippen LogP contribution in [0.1, 0.15) is 37.5 Å². The van der Waals surface area contributed by atoms with Gasteiger partial charge in [0.2, 0.25) is 11.8 Å². The van der Waals surface area contributed by atoms with Gasteiger partial charge in [-0.2, -0.15) is 0 Å². The summed E-state index contributed by atoms with van der Waals surface area (Å²) in [5, 5.41) is 17.2. The molecule has 1 aliphatic rings. The van der Waals surface area contributed by atoms with Gasteiger partial charge in [0.1, 0.15) is 0 Å². The van der Waals surface area contributed by atoms with Crippen molar-refractivity contribution in [2.45, 2.75) is 45.2 Å². The van der Waals surface area contributed by atoms with Crippen LogP contribution < -0.4 is 0 Å². The van der Waals surface area contributed by atoms with Gasteiger partial charge in [0.05, 0.1) is 13.2 Å². The molecule has 1 saturated heterocycles. The van der Waals surface area contributed by atoms with Crippen LogP contribution in [0.4, 0.5) is 0 Å². The maximum Gasteiger partial charge on any atom is 0.230 e. The minimum Gasteiger partial charge on any atom is -0.424 e. The van der Waals surface area contributed by atoms with Crippen LogP contribution in [-0.2, 0) is 6.54 Å². The Morgan fingerprint density at radius 3 is 2.94 bits per heavy atom. The van der Waals surface area contributed by atoms with Gasteiger partial charge in [0, 0.05) is 13.0 Å². The third-order valence-corrected chi connectivity index (χ3v) is 3.12. The number of nitrogens with zero attached hydrogens (tertiary/aromatic N) is 3. The largest absolute Gasteiger partial charge is 0.424 e. The van der Waals surface area contributed by atoms with E-state index in [0.29, 0.717) is 18.3 Å². The summed E-state index contributed by atoms with van der Waals surface area (Å²) in [6.07, 6.45) is 4.69. The lowest BCUT2D eigenvalue weighted by Crippen LogP contribution is -2.37. The van der Waals surface area contributed by atoms with E-state index in [0.717, 1.165) is 13.0 Å². The first kappa shape index (κ1) is 11.5. The summed E-state index contributed by atoms with van der Waals surface area (Å²) in [4.78, 5) is 2.25. The monoisotopic (exact) mass is 225 g/mol. The van der Waals surface area contributed by atoms with Crippen molar-refractivity contribution in [1.82, 2.24) is 15.1 Å². The Hall–Kier alpha value is -0.940. The predicted octanol–water partition coefficient (Wildman–Crippen LogP) is 1.11. The highest BCUT2D eigenvalue weighted by molar-refractivity contribution is 4.83. The van der Waals surface area contributed by atoms with Crippen LogP contribution in [0, 0.1) is 6.92 Å². The smallest absolute Gasteiger partial charge is 0.230 e. The molecule has 0 bridgehead atoms. The van der Waals surface area contributed by atoms with E-state index in [4.69, 9.17) is 4.42 Å². The highest BCUT2D eigenvalue weighted by Crippen LogP contribution is 2.18. The van der Waals surface area contributed by atoms with Gasteiger partial charge < -0.3 is 9.52 Å². The van der Waals surface area contributed by atoms with Crippen molar-refractivity contribution < 1.29 is 9.52 Å². The number of aliphatic hydroxyl groups is 1. The van der Waals surface area contributed by atoms with Crippen LogP contribution in [-0.4, -0.2) is 39.4 Å². The fourth-order valence-corrected chi connectivity index (χ4v) is 2.23. The van der Waals surface area contributed by atoms with E-state index < -0.39 is 0 Å². The van der Waals surface area contributed by atoms with Crippen molar-refractivity contribution in [3.05, 3.63) is 11.8 Å². The van der Waals surface area contributed by atoms with Gasteiger partial charge in [-0.15, -0.1) is 10.2 Å². The first-order valence-corrected chi connectivity index (χ1v) is 5.93.